The SMILES string of the molecule is COc1ccc(NS(=O)(=O)c2ccc(C)c(C(=O)N3CCN(C(C)C)CC3)c2)cc1. The molecule has 0 atom stereocenters. The van der Waals surface area contributed by atoms with Crippen molar-refractivity contribution in [1.82, 2.24) is 9.80 Å². The first-order valence-electron chi connectivity index (χ1n) is 10.0. The van der Waals surface area contributed by atoms with E-state index in [4.69, 9.17) is 4.74 Å². The Morgan fingerprint density at radius 2 is 1.67 bits per heavy atom. The molecule has 0 aliphatic carbocycles. The maximum Gasteiger partial charge on any atom is 0.261 e. The Morgan fingerprint density at radius 3 is 2.23 bits per heavy atom. The lowest BCUT2D eigenvalue weighted by Gasteiger charge is -2.37. The van der Waals surface area contributed by atoms with Crippen molar-refractivity contribution < 1.29 is 17.9 Å². The summed E-state index contributed by atoms with van der Waals surface area (Å²) < 4.78 is 33.4. The predicted molar refractivity (Wildman–Crippen MR) is 118 cm³/mol. The zero-order valence-electron chi connectivity index (χ0n) is 17.9. The molecule has 1 amide bonds. The van der Waals surface area contributed by atoms with Gasteiger partial charge in [0.25, 0.3) is 15.9 Å². The van der Waals surface area contributed by atoms with Crippen LogP contribution in [0.5, 0.6) is 5.75 Å². The van der Waals surface area contributed by atoms with Crippen LogP contribution in [0.3, 0.4) is 0 Å². The summed E-state index contributed by atoms with van der Waals surface area (Å²) in [6.07, 6.45) is 0. The number of hydrogen-bond donors (Lipinski definition) is 1. The summed E-state index contributed by atoms with van der Waals surface area (Å²) in [5, 5.41) is 0. The summed E-state index contributed by atoms with van der Waals surface area (Å²) in [6, 6.07) is 11.7. The lowest BCUT2D eigenvalue weighted by atomic mass is 10.1. The van der Waals surface area contributed by atoms with Crippen molar-refractivity contribution in [3.63, 3.8) is 0 Å². The van der Waals surface area contributed by atoms with Crippen molar-refractivity contribution in [2.75, 3.05) is 38.0 Å². The number of rotatable bonds is 6. The number of hydrogen-bond acceptors (Lipinski definition) is 5. The molecule has 0 unspecified atom stereocenters. The van der Waals surface area contributed by atoms with Crippen LogP contribution >= 0.6 is 0 Å². The Hall–Kier alpha value is -2.58. The third-order valence-electron chi connectivity index (χ3n) is 5.42. The molecule has 1 heterocycles. The monoisotopic (exact) mass is 431 g/mol. The van der Waals surface area contributed by atoms with Crippen LogP contribution < -0.4 is 9.46 Å². The highest BCUT2D eigenvalue weighted by Crippen LogP contribution is 2.22. The predicted octanol–water partition coefficient (Wildman–Crippen LogP) is 2.97. The zero-order valence-corrected chi connectivity index (χ0v) is 18.7. The molecule has 0 spiro atoms. The first-order chi connectivity index (χ1) is 14.2. The van der Waals surface area contributed by atoms with Crippen LogP contribution in [-0.2, 0) is 10.0 Å². The molecule has 1 saturated heterocycles. The summed E-state index contributed by atoms with van der Waals surface area (Å²) in [6.45, 7) is 9.02. The molecule has 3 rings (SSSR count). The van der Waals surface area contributed by atoms with E-state index < -0.39 is 10.0 Å². The van der Waals surface area contributed by atoms with Gasteiger partial charge in [-0.3, -0.25) is 14.4 Å². The Balaban J connectivity index is 1.79. The number of aryl methyl sites for hydroxylation is 1. The maximum absolute atomic E-state index is 13.1. The van der Waals surface area contributed by atoms with Crippen LogP contribution in [0.4, 0.5) is 5.69 Å². The second kappa shape index (κ2) is 9.06. The first-order valence-corrected chi connectivity index (χ1v) is 11.5. The fourth-order valence-electron chi connectivity index (χ4n) is 3.48. The molecular formula is C22H29N3O4S. The van der Waals surface area contributed by atoms with Crippen molar-refractivity contribution in [2.45, 2.75) is 31.7 Å². The van der Waals surface area contributed by atoms with Crippen molar-refractivity contribution in [3.05, 3.63) is 53.6 Å². The largest absolute Gasteiger partial charge is 0.497 e. The quantitative estimate of drug-likeness (QED) is 0.761. The Bertz CT molecular complexity index is 996. The second-order valence-electron chi connectivity index (χ2n) is 7.73. The molecule has 7 nitrogen and oxygen atoms in total. The van der Waals surface area contributed by atoms with Crippen LogP contribution in [0.25, 0.3) is 0 Å². The molecule has 1 fully saturated rings. The Kier molecular flexibility index (Phi) is 6.67. The van der Waals surface area contributed by atoms with E-state index in [1.54, 1.807) is 42.3 Å². The number of carbonyl (C=O) groups is 1. The topological polar surface area (TPSA) is 78.9 Å². The minimum atomic E-state index is -3.83. The van der Waals surface area contributed by atoms with Crippen LogP contribution in [0.1, 0.15) is 29.8 Å². The summed E-state index contributed by atoms with van der Waals surface area (Å²) in [7, 11) is -2.28. The molecule has 0 bridgehead atoms. The van der Waals surface area contributed by atoms with Gasteiger partial charge in [0.05, 0.1) is 12.0 Å². The van der Waals surface area contributed by atoms with Crippen LogP contribution in [0.15, 0.2) is 47.4 Å². The van der Waals surface area contributed by atoms with Gasteiger partial charge in [-0.2, -0.15) is 0 Å². The van der Waals surface area contributed by atoms with Crippen LogP contribution in [-0.4, -0.2) is 63.5 Å². The number of nitrogens with zero attached hydrogens (tertiary/aromatic N) is 2. The Morgan fingerprint density at radius 1 is 1.03 bits per heavy atom. The molecule has 2 aromatic carbocycles. The van der Waals surface area contributed by atoms with Gasteiger partial charge in [0, 0.05) is 43.5 Å². The number of carbonyl (C=O) groups excluding carboxylic acids is 1. The first kappa shape index (κ1) is 22.1. The molecule has 1 aliphatic heterocycles. The van der Waals surface area contributed by atoms with E-state index in [0.717, 1.165) is 18.7 Å². The van der Waals surface area contributed by atoms with Gasteiger partial charge in [0.2, 0.25) is 0 Å². The molecular weight excluding hydrogens is 402 g/mol. The molecule has 30 heavy (non-hydrogen) atoms. The highest BCUT2D eigenvalue weighted by atomic mass is 32.2. The lowest BCUT2D eigenvalue weighted by Crippen LogP contribution is -2.50. The number of ether oxygens (including phenoxy) is 1. The van der Waals surface area contributed by atoms with Gasteiger partial charge in [0.1, 0.15) is 5.75 Å². The van der Waals surface area contributed by atoms with Gasteiger partial charge >= 0.3 is 0 Å². The Labute approximate surface area is 178 Å². The number of amides is 1. The normalized spacial score (nSPS) is 15.3. The maximum atomic E-state index is 13.1. The number of nitrogens with one attached hydrogen (secondary N) is 1. The van der Waals surface area contributed by atoms with Gasteiger partial charge in [-0.1, -0.05) is 6.07 Å². The minimum absolute atomic E-state index is 0.0630. The molecule has 2 aromatic rings. The van der Waals surface area contributed by atoms with Gasteiger partial charge in [-0.25, -0.2) is 8.42 Å². The minimum Gasteiger partial charge on any atom is -0.497 e. The fourth-order valence-corrected chi connectivity index (χ4v) is 4.57. The molecule has 1 N–H and O–H groups in total. The zero-order chi connectivity index (χ0) is 21.9. The summed E-state index contributed by atoms with van der Waals surface area (Å²) in [4.78, 5) is 17.3. The van der Waals surface area contributed by atoms with E-state index in [2.05, 4.69) is 23.5 Å². The third kappa shape index (κ3) is 4.94. The van der Waals surface area contributed by atoms with Crippen LogP contribution in [0, 0.1) is 6.92 Å². The number of methoxy groups -OCH3 is 1. The molecule has 8 heteroatoms. The van der Waals surface area contributed by atoms with Crippen molar-refractivity contribution in [3.8, 4) is 5.75 Å². The number of benzene rings is 2. The molecule has 0 saturated carbocycles. The van der Waals surface area contributed by atoms with Gasteiger partial charge in [0.15, 0.2) is 0 Å². The second-order valence-corrected chi connectivity index (χ2v) is 9.42. The number of sulfonamides is 1. The van der Waals surface area contributed by atoms with E-state index in [1.807, 2.05) is 6.92 Å². The van der Waals surface area contributed by atoms with Crippen molar-refractivity contribution in [1.29, 1.82) is 0 Å². The average molecular weight is 432 g/mol. The molecule has 162 valence electrons. The molecule has 0 radical (unpaired) electrons. The van der Waals surface area contributed by atoms with Crippen LogP contribution in [0.2, 0.25) is 0 Å². The molecule has 0 aromatic heterocycles. The standard InChI is InChI=1S/C22H29N3O4S/c1-16(2)24-11-13-25(14-12-24)22(26)21-15-20(10-5-17(21)3)30(27,28)23-18-6-8-19(29-4)9-7-18/h5-10,15-16,23H,11-14H2,1-4H3. The number of piperazine rings is 1. The highest BCUT2D eigenvalue weighted by molar-refractivity contribution is 7.92. The smallest absolute Gasteiger partial charge is 0.261 e. The van der Waals surface area contributed by atoms with Crippen molar-refractivity contribution in [2.24, 2.45) is 0 Å². The average Bonchev–Trinajstić information content (AvgIpc) is 2.73. The summed E-state index contributed by atoms with van der Waals surface area (Å²) in [5.74, 6) is 0.510. The molecule has 1 aliphatic rings. The van der Waals surface area contributed by atoms with E-state index in [1.165, 1.54) is 12.1 Å². The highest BCUT2D eigenvalue weighted by Gasteiger charge is 2.25. The van der Waals surface area contributed by atoms with Gasteiger partial charge in [-0.05, 0) is 62.7 Å². The van der Waals surface area contributed by atoms with E-state index in [0.29, 0.717) is 36.1 Å². The lowest BCUT2D eigenvalue weighted by molar-refractivity contribution is 0.0594. The van der Waals surface area contributed by atoms with E-state index >= 15 is 0 Å². The van der Waals surface area contributed by atoms with Gasteiger partial charge in [-0.15, -0.1) is 0 Å². The number of anilines is 1. The summed E-state index contributed by atoms with van der Waals surface area (Å²) >= 11 is 0. The van der Waals surface area contributed by atoms with E-state index in [-0.39, 0.29) is 10.8 Å². The van der Waals surface area contributed by atoms with Gasteiger partial charge < -0.3 is 9.64 Å². The van der Waals surface area contributed by atoms with E-state index in [9.17, 15) is 13.2 Å². The summed E-state index contributed by atoms with van der Waals surface area (Å²) in [5.41, 5.74) is 1.61. The van der Waals surface area contributed by atoms with Crippen molar-refractivity contribution >= 4 is 21.6 Å². The fraction of sp³-hybridized carbons (Fsp3) is 0.409. The third-order valence-corrected chi connectivity index (χ3v) is 6.80.